The highest BCUT2D eigenvalue weighted by molar-refractivity contribution is 6.30. The van der Waals surface area contributed by atoms with Crippen molar-refractivity contribution in [3.63, 3.8) is 0 Å². The van der Waals surface area contributed by atoms with E-state index < -0.39 is 0 Å². The Morgan fingerprint density at radius 2 is 1.89 bits per heavy atom. The van der Waals surface area contributed by atoms with Crippen LogP contribution in [0.25, 0.3) is 22.1 Å². The number of hydrogen-bond donors (Lipinski definition) is 2. The number of nitrogens with zero attached hydrogens (tertiary/aromatic N) is 2. The maximum Gasteiger partial charge on any atom is 0.170 e. The van der Waals surface area contributed by atoms with Crippen molar-refractivity contribution in [1.82, 2.24) is 10.1 Å². The van der Waals surface area contributed by atoms with Crippen molar-refractivity contribution in [3.8, 4) is 11.3 Å². The number of benzene rings is 2. The first kappa shape index (κ1) is 17.5. The summed E-state index contributed by atoms with van der Waals surface area (Å²) in [6.45, 7) is 0.595. The number of hydrogen-bond acceptors (Lipinski definition) is 5. The minimum atomic E-state index is -0.0421. The number of fused-ring (bicyclic) bond motifs is 1. The fourth-order valence-electron chi connectivity index (χ4n) is 2.96. The molecule has 0 aliphatic rings. The Balaban J connectivity index is 1.39. The third-order valence-electron chi connectivity index (χ3n) is 4.39. The number of rotatable bonds is 6. The predicted molar refractivity (Wildman–Crippen MR) is 109 cm³/mol. The Morgan fingerprint density at radius 3 is 2.74 bits per heavy atom. The second-order valence-corrected chi connectivity index (χ2v) is 6.92. The SMILES string of the molecule is N[C@H](CNc1cc(-c2ccc3cnccc3c2)on1)Cc1ccc(Cl)cc1. The van der Waals surface area contributed by atoms with Crippen LogP contribution in [0, 0.1) is 0 Å². The molecule has 1 atom stereocenters. The monoisotopic (exact) mass is 378 g/mol. The Morgan fingerprint density at radius 1 is 1.04 bits per heavy atom. The van der Waals surface area contributed by atoms with Gasteiger partial charge in [0.15, 0.2) is 11.6 Å². The first-order valence-corrected chi connectivity index (χ1v) is 9.10. The molecule has 3 N–H and O–H groups in total. The van der Waals surface area contributed by atoms with Gasteiger partial charge in [-0.25, -0.2) is 0 Å². The van der Waals surface area contributed by atoms with Gasteiger partial charge in [0.2, 0.25) is 0 Å². The summed E-state index contributed by atoms with van der Waals surface area (Å²) in [5, 5.41) is 10.3. The van der Waals surface area contributed by atoms with E-state index in [1.807, 2.05) is 54.7 Å². The van der Waals surface area contributed by atoms with Gasteiger partial charge in [0.1, 0.15) is 0 Å². The molecule has 0 aliphatic carbocycles. The highest BCUT2D eigenvalue weighted by atomic mass is 35.5. The van der Waals surface area contributed by atoms with E-state index >= 15 is 0 Å². The Hall–Kier alpha value is -2.89. The van der Waals surface area contributed by atoms with Gasteiger partial charge in [0.05, 0.1) is 0 Å². The molecule has 0 saturated heterocycles. The maximum atomic E-state index is 6.21. The standard InChI is InChI=1S/C21H19ClN4O/c22-18-5-1-14(2-6-18)9-19(23)13-25-21-11-20(27-26-21)16-3-4-17-12-24-8-7-15(17)10-16/h1-8,10-12,19H,9,13,23H2,(H,25,26)/t19-/m0/s1. The van der Waals surface area contributed by atoms with E-state index in [4.69, 9.17) is 21.9 Å². The molecule has 2 aromatic carbocycles. The molecule has 4 rings (SSSR count). The number of nitrogens with two attached hydrogens (primary N) is 1. The maximum absolute atomic E-state index is 6.21. The van der Waals surface area contributed by atoms with E-state index in [0.29, 0.717) is 18.1 Å². The number of anilines is 1. The van der Waals surface area contributed by atoms with Crippen LogP contribution in [0.4, 0.5) is 5.82 Å². The summed E-state index contributed by atoms with van der Waals surface area (Å²) in [7, 11) is 0. The molecule has 0 saturated carbocycles. The van der Waals surface area contributed by atoms with Crippen LogP contribution in [-0.4, -0.2) is 22.7 Å². The topological polar surface area (TPSA) is 77.0 Å². The largest absolute Gasteiger partial charge is 0.366 e. The van der Waals surface area contributed by atoms with Crippen LogP contribution >= 0.6 is 11.6 Å². The lowest BCUT2D eigenvalue weighted by atomic mass is 10.1. The van der Waals surface area contributed by atoms with Gasteiger partial charge in [-0.3, -0.25) is 4.98 Å². The molecule has 0 unspecified atom stereocenters. The molecule has 0 bridgehead atoms. The molecule has 136 valence electrons. The second kappa shape index (κ2) is 7.78. The van der Waals surface area contributed by atoms with E-state index in [0.717, 1.165) is 33.3 Å². The molecule has 0 aliphatic heterocycles. The third-order valence-corrected chi connectivity index (χ3v) is 4.64. The first-order valence-electron chi connectivity index (χ1n) is 8.72. The van der Waals surface area contributed by atoms with E-state index in [1.165, 1.54) is 0 Å². The molecule has 4 aromatic rings. The summed E-state index contributed by atoms with van der Waals surface area (Å²) in [6, 6.07) is 17.6. The highest BCUT2D eigenvalue weighted by Crippen LogP contribution is 2.26. The predicted octanol–water partition coefficient (Wildman–Crippen LogP) is 4.53. The van der Waals surface area contributed by atoms with Crippen molar-refractivity contribution in [2.45, 2.75) is 12.5 Å². The fourth-order valence-corrected chi connectivity index (χ4v) is 3.09. The average molecular weight is 379 g/mol. The third kappa shape index (κ3) is 4.27. The van der Waals surface area contributed by atoms with Gasteiger partial charge >= 0.3 is 0 Å². The van der Waals surface area contributed by atoms with Gasteiger partial charge < -0.3 is 15.6 Å². The zero-order chi connectivity index (χ0) is 18.6. The van der Waals surface area contributed by atoms with Gasteiger partial charge in [-0.05, 0) is 41.6 Å². The van der Waals surface area contributed by atoms with Crippen molar-refractivity contribution in [1.29, 1.82) is 0 Å². The molecule has 5 nitrogen and oxygen atoms in total. The van der Waals surface area contributed by atoms with Crippen molar-refractivity contribution < 1.29 is 4.52 Å². The van der Waals surface area contributed by atoms with Crippen LogP contribution in [0.5, 0.6) is 0 Å². The zero-order valence-electron chi connectivity index (χ0n) is 14.6. The van der Waals surface area contributed by atoms with Gasteiger partial charge in [0, 0.05) is 47.0 Å². The first-order chi connectivity index (χ1) is 13.2. The molecule has 0 amide bonds. The summed E-state index contributed by atoms with van der Waals surface area (Å²) in [6.07, 6.45) is 4.38. The normalized spacial score (nSPS) is 12.2. The van der Waals surface area contributed by atoms with Gasteiger partial charge in [0.25, 0.3) is 0 Å². The number of halogens is 1. The molecule has 2 heterocycles. The van der Waals surface area contributed by atoms with Gasteiger partial charge in [-0.2, -0.15) is 0 Å². The summed E-state index contributed by atoms with van der Waals surface area (Å²) < 4.78 is 5.48. The van der Waals surface area contributed by atoms with Crippen LogP contribution in [-0.2, 0) is 6.42 Å². The van der Waals surface area contributed by atoms with Crippen LogP contribution in [0.1, 0.15) is 5.56 Å². The number of pyridine rings is 1. The molecule has 0 spiro atoms. The lowest BCUT2D eigenvalue weighted by molar-refractivity contribution is 0.434. The molecule has 6 heteroatoms. The summed E-state index contributed by atoms with van der Waals surface area (Å²) in [5.41, 5.74) is 8.34. The Bertz CT molecular complexity index is 1050. The van der Waals surface area contributed by atoms with E-state index in [1.54, 1.807) is 6.20 Å². The van der Waals surface area contributed by atoms with Gasteiger partial charge in [-0.1, -0.05) is 41.0 Å². The quantitative estimate of drug-likeness (QED) is 0.515. The van der Waals surface area contributed by atoms with E-state index in [9.17, 15) is 0 Å². The average Bonchev–Trinajstić information content (AvgIpc) is 3.17. The van der Waals surface area contributed by atoms with Crippen LogP contribution in [0.15, 0.2) is 71.5 Å². The van der Waals surface area contributed by atoms with Crippen LogP contribution < -0.4 is 11.1 Å². The molecule has 2 aromatic heterocycles. The lowest BCUT2D eigenvalue weighted by Gasteiger charge is -2.12. The minimum Gasteiger partial charge on any atom is -0.366 e. The smallest absolute Gasteiger partial charge is 0.170 e. The summed E-state index contributed by atoms with van der Waals surface area (Å²) >= 11 is 5.91. The van der Waals surface area contributed by atoms with E-state index in [2.05, 4.69) is 21.5 Å². The number of aromatic nitrogens is 2. The molecule has 0 radical (unpaired) electrons. The fraction of sp³-hybridized carbons (Fsp3) is 0.143. The minimum absolute atomic E-state index is 0.0421. The number of nitrogens with one attached hydrogen (secondary N) is 1. The van der Waals surface area contributed by atoms with Crippen molar-refractivity contribution >= 4 is 28.2 Å². The van der Waals surface area contributed by atoms with Crippen molar-refractivity contribution in [3.05, 3.63) is 77.6 Å². The van der Waals surface area contributed by atoms with Crippen LogP contribution in [0.2, 0.25) is 5.02 Å². The Kier molecular flexibility index (Phi) is 5.05. The molecule has 27 heavy (non-hydrogen) atoms. The van der Waals surface area contributed by atoms with Crippen LogP contribution in [0.3, 0.4) is 0 Å². The molecule has 0 fully saturated rings. The summed E-state index contributed by atoms with van der Waals surface area (Å²) in [4.78, 5) is 4.13. The second-order valence-electron chi connectivity index (χ2n) is 6.49. The zero-order valence-corrected chi connectivity index (χ0v) is 15.4. The highest BCUT2D eigenvalue weighted by Gasteiger charge is 2.09. The van der Waals surface area contributed by atoms with Gasteiger partial charge in [-0.15, -0.1) is 0 Å². The van der Waals surface area contributed by atoms with Crippen molar-refractivity contribution in [2.24, 2.45) is 5.73 Å². The van der Waals surface area contributed by atoms with Crippen molar-refractivity contribution in [2.75, 3.05) is 11.9 Å². The lowest BCUT2D eigenvalue weighted by Crippen LogP contribution is -2.31. The van der Waals surface area contributed by atoms with E-state index in [-0.39, 0.29) is 6.04 Å². The summed E-state index contributed by atoms with van der Waals surface area (Å²) in [5.74, 6) is 1.38. The molecular weight excluding hydrogens is 360 g/mol. The Labute approximate surface area is 162 Å². The molecular formula is C21H19ClN4O.